The van der Waals surface area contributed by atoms with E-state index in [0.717, 1.165) is 29.0 Å². The van der Waals surface area contributed by atoms with E-state index < -0.39 is 0 Å². The van der Waals surface area contributed by atoms with Gasteiger partial charge >= 0.3 is 0 Å². The van der Waals surface area contributed by atoms with Gasteiger partial charge in [-0.1, -0.05) is 18.2 Å². The summed E-state index contributed by atoms with van der Waals surface area (Å²) >= 11 is 0. The average Bonchev–Trinajstić information content (AvgIpc) is 2.48. The minimum Gasteiger partial charge on any atom is -0.497 e. The molecule has 1 amide bonds. The molecule has 3 heteroatoms. The van der Waals surface area contributed by atoms with Crippen LogP contribution in [0.5, 0.6) is 5.75 Å². The zero-order chi connectivity index (χ0) is 13.2. The molecule has 0 aliphatic carbocycles. The summed E-state index contributed by atoms with van der Waals surface area (Å²) in [5.74, 6) is 0.870. The third-order valence-corrected chi connectivity index (χ3v) is 3.46. The van der Waals surface area contributed by atoms with Crippen molar-refractivity contribution in [3.05, 3.63) is 59.7 Å². The molecule has 3 nitrogen and oxygen atoms in total. The number of ether oxygens (including phenoxy) is 1. The van der Waals surface area contributed by atoms with Gasteiger partial charge in [-0.05, 0) is 42.3 Å². The predicted molar refractivity (Wildman–Crippen MR) is 74.8 cm³/mol. The van der Waals surface area contributed by atoms with Crippen LogP contribution in [0.4, 0.5) is 5.69 Å². The number of amides is 1. The van der Waals surface area contributed by atoms with Gasteiger partial charge in [-0.15, -0.1) is 0 Å². The third kappa shape index (κ3) is 2.08. The second-order valence-electron chi connectivity index (χ2n) is 4.57. The number of carbonyl (C=O) groups is 1. The largest absolute Gasteiger partial charge is 0.497 e. The number of carbonyl (C=O) groups excluding carboxylic acids is 1. The molecule has 1 aliphatic heterocycles. The maximum Gasteiger partial charge on any atom is 0.258 e. The van der Waals surface area contributed by atoms with Gasteiger partial charge in [0.15, 0.2) is 0 Å². The van der Waals surface area contributed by atoms with Gasteiger partial charge in [0, 0.05) is 17.8 Å². The van der Waals surface area contributed by atoms with E-state index in [1.165, 1.54) is 0 Å². The first-order chi connectivity index (χ1) is 9.29. The van der Waals surface area contributed by atoms with Gasteiger partial charge in [0.25, 0.3) is 5.91 Å². The van der Waals surface area contributed by atoms with Crippen molar-refractivity contribution in [3.63, 3.8) is 0 Å². The van der Waals surface area contributed by atoms with E-state index in [1.54, 1.807) is 7.11 Å². The standard InChI is InChI=1S/C16H15NO2/c1-19-14-7-8-15-12(11-14)9-10-17(16(15)18)13-5-3-2-4-6-13/h2-8,11H,9-10H2,1H3. The van der Waals surface area contributed by atoms with Crippen LogP contribution in [0.25, 0.3) is 0 Å². The monoisotopic (exact) mass is 253 g/mol. The highest BCUT2D eigenvalue weighted by atomic mass is 16.5. The van der Waals surface area contributed by atoms with Crippen molar-refractivity contribution < 1.29 is 9.53 Å². The van der Waals surface area contributed by atoms with Crippen LogP contribution in [-0.4, -0.2) is 19.6 Å². The lowest BCUT2D eigenvalue weighted by Crippen LogP contribution is -2.37. The number of anilines is 1. The van der Waals surface area contributed by atoms with E-state index in [4.69, 9.17) is 4.74 Å². The Bertz CT molecular complexity index is 607. The molecule has 2 aromatic carbocycles. The molecule has 0 spiro atoms. The van der Waals surface area contributed by atoms with Crippen molar-refractivity contribution in [3.8, 4) is 5.75 Å². The first-order valence-corrected chi connectivity index (χ1v) is 6.33. The van der Waals surface area contributed by atoms with E-state index in [-0.39, 0.29) is 5.91 Å². The Morgan fingerprint density at radius 1 is 1.11 bits per heavy atom. The number of nitrogens with zero attached hydrogens (tertiary/aromatic N) is 1. The summed E-state index contributed by atoms with van der Waals surface area (Å²) in [7, 11) is 1.64. The van der Waals surface area contributed by atoms with Crippen LogP contribution in [0.1, 0.15) is 15.9 Å². The van der Waals surface area contributed by atoms with Crippen molar-refractivity contribution >= 4 is 11.6 Å². The summed E-state index contributed by atoms with van der Waals surface area (Å²) < 4.78 is 5.20. The Labute approximate surface area is 112 Å². The Balaban J connectivity index is 1.97. The lowest BCUT2D eigenvalue weighted by Gasteiger charge is -2.28. The average molecular weight is 253 g/mol. The summed E-state index contributed by atoms with van der Waals surface area (Å²) in [5.41, 5.74) is 2.79. The Hall–Kier alpha value is -2.29. The highest BCUT2D eigenvalue weighted by molar-refractivity contribution is 6.08. The van der Waals surface area contributed by atoms with Crippen molar-refractivity contribution in [1.82, 2.24) is 0 Å². The van der Waals surface area contributed by atoms with Gasteiger partial charge < -0.3 is 9.64 Å². The van der Waals surface area contributed by atoms with Crippen LogP contribution >= 0.6 is 0 Å². The van der Waals surface area contributed by atoms with Crippen LogP contribution in [0, 0.1) is 0 Å². The molecule has 0 N–H and O–H groups in total. The molecule has 0 radical (unpaired) electrons. The molecule has 0 unspecified atom stereocenters. The maximum absolute atomic E-state index is 12.5. The van der Waals surface area contributed by atoms with Crippen molar-refractivity contribution in [1.29, 1.82) is 0 Å². The van der Waals surface area contributed by atoms with Gasteiger partial charge in [-0.25, -0.2) is 0 Å². The SMILES string of the molecule is COc1ccc2c(c1)CCN(c1ccccc1)C2=O. The number of hydrogen-bond donors (Lipinski definition) is 0. The first-order valence-electron chi connectivity index (χ1n) is 6.33. The summed E-state index contributed by atoms with van der Waals surface area (Å²) in [6.07, 6.45) is 0.854. The van der Waals surface area contributed by atoms with Gasteiger partial charge in [0.1, 0.15) is 5.75 Å². The summed E-state index contributed by atoms with van der Waals surface area (Å²) in [6, 6.07) is 15.4. The molecule has 0 atom stereocenters. The van der Waals surface area contributed by atoms with Crippen molar-refractivity contribution in [2.75, 3.05) is 18.6 Å². The molecular formula is C16H15NO2. The van der Waals surface area contributed by atoms with E-state index in [2.05, 4.69) is 0 Å². The minimum atomic E-state index is 0.0649. The molecule has 96 valence electrons. The molecule has 2 aromatic rings. The van der Waals surface area contributed by atoms with Crippen molar-refractivity contribution in [2.45, 2.75) is 6.42 Å². The zero-order valence-electron chi connectivity index (χ0n) is 10.8. The number of fused-ring (bicyclic) bond motifs is 1. The Morgan fingerprint density at radius 2 is 1.89 bits per heavy atom. The Morgan fingerprint density at radius 3 is 2.63 bits per heavy atom. The zero-order valence-corrected chi connectivity index (χ0v) is 10.8. The molecular weight excluding hydrogens is 238 g/mol. The lowest BCUT2D eigenvalue weighted by atomic mass is 9.98. The fraction of sp³-hybridized carbons (Fsp3) is 0.188. The molecule has 0 saturated carbocycles. The van der Waals surface area contributed by atoms with Gasteiger partial charge in [0.2, 0.25) is 0 Å². The maximum atomic E-state index is 12.5. The molecule has 0 bridgehead atoms. The molecule has 1 aliphatic rings. The van der Waals surface area contributed by atoms with Crippen molar-refractivity contribution in [2.24, 2.45) is 0 Å². The number of para-hydroxylation sites is 1. The minimum absolute atomic E-state index is 0.0649. The molecule has 0 saturated heterocycles. The van der Waals surface area contributed by atoms with E-state index in [0.29, 0.717) is 6.54 Å². The van der Waals surface area contributed by atoms with Gasteiger partial charge in [0.05, 0.1) is 7.11 Å². The van der Waals surface area contributed by atoms with Crippen LogP contribution < -0.4 is 9.64 Å². The molecule has 19 heavy (non-hydrogen) atoms. The smallest absolute Gasteiger partial charge is 0.258 e. The van der Waals surface area contributed by atoms with E-state index >= 15 is 0 Å². The molecule has 0 aromatic heterocycles. The van der Waals surface area contributed by atoms with Gasteiger partial charge in [-0.2, -0.15) is 0 Å². The molecule has 0 fully saturated rings. The number of benzene rings is 2. The second kappa shape index (κ2) is 4.76. The first kappa shape index (κ1) is 11.8. The fourth-order valence-electron chi connectivity index (χ4n) is 2.45. The second-order valence-corrected chi connectivity index (χ2v) is 4.57. The molecule has 1 heterocycles. The van der Waals surface area contributed by atoms with Crippen LogP contribution in [0.2, 0.25) is 0 Å². The number of methoxy groups -OCH3 is 1. The topological polar surface area (TPSA) is 29.5 Å². The Kier molecular flexibility index (Phi) is 2.95. The summed E-state index contributed by atoms with van der Waals surface area (Å²) in [4.78, 5) is 14.3. The lowest BCUT2D eigenvalue weighted by molar-refractivity contribution is 0.0980. The van der Waals surface area contributed by atoms with Crippen LogP contribution in [0.15, 0.2) is 48.5 Å². The normalized spacial score (nSPS) is 14.2. The highest BCUT2D eigenvalue weighted by Crippen LogP contribution is 2.26. The van der Waals surface area contributed by atoms with E-state index in [9.17, 15) is 4.79 Å². The number of rotatable bonds is 2. The fourth-order valence-corrected chi connectivity index (χ4v) is 2.45. The highest BCUT2D eigenvalue weighted by Gasteiger charge is 2.25. The predicted octanol–water partition coefficient (Wildman–Crippen LogP) is 2.90. The van der Waals surface area contributed by atoms with Crippen LogP contribution in [0.3, 0.4) is 0 Å². The van der Waals surface area contributed by atoms with E-state index in [1.807, 2.05) is 53.4 Å². The molecule has 3 rings (SSSR count). The van der Waals surface area contributed by atoms with Crippen LogP contribution in [-0.2, 0) is 6.42 Å². The third-order valence-electron chi connectivity index (χ3n) is 3.46. The summed E-state index contributed by atoms with van der Waals surface area (Å²) in [6.45, 7) is 0.711. The quantitative estimate of drug-likeness (QED) is 0.823. The number of hydrogen-bond acceptors (Lipinski definition) is 2. The summed E-state index contributed by atoms with van der Waals surface area (Å²) in [5, 5.41) is 0. The van der Waals surface area contributed by atoms with Gasteiger partial charge in [-0.3, -0.25) is 4.79 Å².